The van der Waals surface area contributed by atoms with Crippen molar-refractivity contribution < 1.29 is 5.11 Å². The molecule has 0 amide bonds. The molecular formula is C35H27N5O. The van der Waals surface area contributed by atoms with Gasteiger partial charge in [0.1, 0.15) is 5.75 Å². The van der Waals surface area contributed by atoms with Crippen LogP contribution in [0.5, 0.6) is 5.75 Å². The lowest BCUT2D eigenvalue weighted by molar-refractivity contribution is 0.475. The van der Waals surface area contributed by atoms with Gasteiger partial charge in [0, 0.05) is 33.6 Å². The summed E-state index contributed by atoms with van der Waals surface area (Å²) in [6.07, 6.45) is 9.86. The van der Waals surface area contributed by atoms with Gasteiger partial charge in [-0.2, -0.15) is 0 Å². The van der Waals surface area contributed by atoms with E-state index in [-0.39, 0.29) is 0 Å². The zero-order valence-electron chi connectivity index (χ0n) is 22.1. The second kappa shape index (κ2) is 12.0. The van der Waals surface area contributed by atoms with E-state index < -0.39 is 0 Å². The van der Waals surface area contributed by atoms with Crippen molar-refractivity contribution in [1.82, 2.24) is 24.9 Å². The maximum atomic E-state index is 8.63. The monoisotopic (exact) mass is 533 g/mol. The van der Waals surface area contributed by atoms with E-state index in [1.54, 1.807) is 24.3 Å². The van der Waals surface area contributed by atoms with Gasteiger partial charge in [0.15, 0.2) is 0 Å². The fourth-order valence-corrected chi connectivity index (χ4v) is 4.39. The van der Waals surface area contributed by atoms with E-state index >= 15 is 0 Å². The Balaban J connectivity index is 0.000000145. The number of H-pyrrole nitrogens is 2. The molecule has 4 aromatic heterocycles. The number of nitrogens with one attached hydrogen (secondary N) is 2. The van der Waals surface area contributed by atoms with E-state index in [2.05, 4.69) is 67.4 Å². The van der Waals surface area contributed by atoms with Crippen LogP contribution >= 0.6 is 0 Å². The highest BCUT2D eigenvalue weighted by atomic mass is 16.3. The minimum atomic E-state index is 0.322. The third kappa shape index (κ3) is 6.82. The first-order chi connectivity index (χ1) is 20.2. The van der Waals surface area contributed by atoms with Gasteiger partial charge in [0.25, 0.3) is 0 Å². The summed E-state index contributed by atoms with van der Waals surface area (Å²) < 4.78 is 0. The second-order valence-electron chi connectivity index (χ2n) is 9.44. The predicted molar refractivity (Wildman–Crippen MR) is 169 cm³/mol. The van der Waals surface area contributed by atoms with Crippen molar-refractivity contribution in [2.24, 2.45) is 0 Å². The average Bonchev–Trinajstić information content (AvgIpc) is 3.81. The molecule has 0 aliphatic carbocycles. The van der Waals surface area contributed by atoms with Gasteiger partial charge < -0.3 is 15.1 Å². The van der Waals surface area contributed by atoms with Crippen molar-refractivity contribution in [2.75, 3.05) is 0 Å². The summed E-state index contributed by atoms with van der Waals surface area (Å²) in [6, 6.07) is 37.2. The highest BCUT2D eigenvalue weighted by Crippen LogP contribution is 2.17. The Morgan fingerprint density at radius 2 is 0.951 bits per heavy atom. The van der Waals surface area contributed by atoms with Crippen LogP contribution in [0.25, 0.3) is 57.3 Å². The highest BCUT2D eigenvalue weighted by Gasteiger charge is 2.02. The standard InChI is InChI=1S/C20H14N4.C9H7N.C6H6O/c1-2-14-10-16-5-6-18(23-16)12-20-8-7-19(24-20)11-17-4-3-15(22-17)9-13(1)21-14;1-2-6-9-8(4-1)5-3-7-10-9;7-6-4-2-1-3-5-6/h1-12,21-22H;1-7H;1-5,7H. The van der Waals surface area contributed by atoms with Crippen molar-refractivity contribution in [3.05, 3.63) is 144 Å². The summed E-state index contributed by atoms with van der Waals surface area (Å²) in [5.41, 5.74) is 8.92. The number of hydrogen-bond donors (Lipinski definition) is 3. The van der Waals surface area contributed by atoms with E-state index in [4.69, 9.17) is 5.11 Å². The van der Waals surface area contributed by atoms with Gasteiger partial charge >= 0.3 is 0 Å². The van der Waals surface area contributed by atoms with Gasteiger partial charge in [-0.25, -0.2) is 9.97 Å². The Bertz CT molecular complexity index is 1870. The molecule has 198 valence electrons. The van der Waals surface area contributed by atoms with Crippen LogP contribution < -0.4 is 0 Å². The number of fused-ring (bicyclic) bond motifs is 9. The number of hydrogen-bond acceptors (Lipinski definition) is 4. The molecule has 6 aromatic rings. The van der Waals surface area contributed by atoms with Gasteiger partial charge in [0.05, 0.1) is 28.3 Å². The third-order valence-electron chi connectivity index (χ3n) is 6.31. The Labute approximate surface area is 237 Å². The van der Waals surface area contributed by atoms with Gasteiger partial charge in [-0.05, 0) is 97.1 Å². The molecule has 0 unspecified atom stereocenters. The lowest BCUT2D eigenvalue weighted by Crippen LogP contribution is -1.77. The molecule has 41 heavy (non-hydrogen) atoms. The molecule has 2 aliphatic heterocycles. The number of aromatic nitrogens is 5. The Hall–Kier alpha value is -5.75. The van der Waals surface area contributed by atoms with Gasteiger partial charge in [-0.15, -0.1) is 0 Å². The van der Waals surface area contributed by atoms with E-state index in [1.807, 2.05) is 79.0 Å². The molecule has 8 bridgehead atoms. The summed E-state index contributed by atoms with van der Waals surface area (Å²) in [4.78, 5) is 20.2. The molecule has 0 fully saturated rings. The topological polar surface area (TPSA) is 90.5 Å². The molecule has 0 saturated heterocycles. The SMILES string of the molecule is C1=Cc2cc3ccc(cc4ccc(cc5nc(cc1n2)C=C5)[nH]4)[nH]3.Oc1ccccc1.c1ccc2ncccc2c1. The summed E-state index contributed by atoms with van der Waals surface area (Å²) in [6.45, 7) is 0. The average molecular weight is 534 g/mol. The van der Waals surface area contributed by atoms with Crippen molar-refractivity contribution in [3.63, 3.8) is 0 Å². The fourth-order valence-electron chi connectivity index (χ4n) is 4.39. The molecule has 6 nitrogen and oxygen atoms in total. The van der Waals surface area contributed by atoms with Gasteiger partial charge in [-0.3, -0.25) is 4.98 Å². The quantitative estimate of drug-likeness (QED) is 0.183. The minimum absolute atomic E-state index is 0.322. The Morgan fingerprint density at radius 1 is 0.463 bits per heavy atom. The number of para-hydroxylation sites is 2. The Morgan fingerprint density at radius 3 is 1.49 bits per heavy atom. The molecule has 6 heterocycles. The number of phenols is 1. The number of aromatic amines is 2. The summed E-state index contributed by atoms with van der Waals surface area (Å²) in [5.74, 6) is 0.322. The van der Waals surface area contributed by atoms with E-state index in [0.29, 0.717) is 5.75 Å². The van der Waals surface area contributed by atoms with Gasteiger partial charge in [-0.1, -0.05) is 42.5 Å². The lowest BCUT2D eigenvalue weighted by atomic mass is 10.2. The van der Waals surface area contributed by atoms with Crippen LogP contribution in [0.2, 0.25) is 0 Å². The number of pyridine rings is 1. The maximum absolute atomic E-state index is 8.63. The predicted octanol–water partition coefficient (Wildman–Crippen LogP) is 8.28. The number of rotatable bonds is 0. The minimum Gasteiger partial charge on any atom is -0.508 e. The lowest BCUT2D eigenvalue weighted by Gasteiger charge is -1.91. The van der Waals surface area contributed by atoms with Crippen LogP contribution in [0.3, 0.4) is 0 Å². The smallest absolute Gasteiger partial charge is 0.115 e. The number of phenolic OH excluding ortho intramolecular Hbond substituents is 1. The van der Waals surface area contributed by atoms with Crippen molar-refractivity contribution in [1.29, 1.82) is 0 Å². The highest BCUT2D eigenvalue weighted by molar-refractivity contribution is 5.78. The molecule has 2 aromatic carbocycles. The van der Waals surface area contributed by atoms with E-state index in [9.17, 15) is 0 Å². The molecule has 2 aliphatic rings. The first kappa shape index (κ1) is 25.5. The summed E-state index contributed by atoms with van der Waals surface area (Å²) >= 11 is 0. The zero-order valence-corrected chi connectivity index (χ0v) is 22.1. The first-order valence-electron chi connectivity index (χ1n) is 13.2. The first-order valence-corrected chi connectivity index (χ1v) is 13.2. The Kier molecular flexibility index (Phi) is 7.45. The fraction of sp³-hybridized carbons (Fsp3) is 0. The maximum Gasteiger partial charge on any atom is 0.115 e. The molecule has 3 N–H and O–H groups in total. The zero-order chi connectivity index (χ0) is 27.9. The van der Waals surface area contributed by atoms with E-state index in [0.717, 1.165) is 50.4 Å². The summed E-state index contributed by atoms with van der Waals surface area (Å²) in [5, 5.41) is 9.83. The van der Waals surface area contributed by atoms with Crippen LogP contribution in [-0.2, 0) is 0 Å². The van der Waals surface area contributed by atoms with E-state index in [1.165, 1.54) is 5.39 Å². The molecule has 0 saturated carbocycles. The third-order valence-corrected chi connectivity index (χ3v) is 6.31. The van der Waals surface area contributed by atoms with Crippen LogP contribution in [0.15, 0.2) is 121 Å². The molecule has 0 atom stereocenters. The van der Waals surface area contributed by atoms with Crippen molar-refractivity contribution in [3.8, 4) is 5.75 Å². The normalized spacial score (nSPS) is 11.3. The second-order valence-corrected chi connectivity index (χ2v) is 9.44. The van der Waals surface area contributed by atoms with Crippen LogP contribution in [0.4, 0.5) is 0 Å². The van der Waals surface area contributed by atoms with Crippen LogP contribution in [-0.4, -0.2) is 30.0 Å². The number of benzene rings is 2. The largest absolute Gasteiger partial charge is 0.508 e. The molecule has 0 spiro atoms. The van der Waals surface area contributed by atoms with Crippen LogP contribution in [0, 0.1) is 0 Å². The molecule has 8 rings (SSSR count). The summed E-state index contributed by atoms with van der Waals surface area (Å²) in [7, 11) is 0. The van der Waals surface area contributed by atoms with Crippen molar-refractivity contribution in [2.45, 2.75) is 0 Å². The number of nitrogens with zero attached hydrogens (tertiary/aromatic N) is 3. The van der Waals surface area contributed by atoms with Crippen molar-refractivity contribution >= 4 is 57.3 Å². The molecule has 0 radical (unpaired) electrons. The molecule has 6 heteroatoms. The van der Waals surface area contributed by atoms with Gasteiger partial charge in [0.2, 0.25) is 0 Å². The number of aromatic hydroxyl groups is 1. The molecular weight excluding hydrogens is 506 g/mol. The van der Waals surface area contributed by atoms with Crippen LogP contribution in [0.1, 0.15) is 22.8 Å².